The predicted molar refractivity (Wildman–Crippen MR) is 88.5 cm³/mol. The molecule has 1 aliphatic carbocycles. The fraction of sp³-hybridized carbons (Fsp3) is 0.556. The summed E-state index contributed by atoms with van der Waals surface area (Å²) in [5.74, 6) is -1.86. The van der Waals surface area contributed by atoms with Crippen LogP contribution in [0.5, 0.6) is 0 Å². The summed E-state index contributed by atoms with van der Waals surface area (Å²) in [5, 5.41) is 0. The van der Waals surface area contributed by atoms with Crippen LogP contribution >= 0.6 is 0 Å². The Morgan fingerprint density at radius 1 is 0.880 bits per heavy atom. The number of allylic oxidation sites excluding steroid dienone is 2. The molecule has 25 heavy (non-hydrogen) atoms. The number of ketones is 2. The summed E-state index contributed by atoms with van der Waals surface area (Å²) in [4.78, 5) is 47.6. The van der Waals surface area contributed by atoms with Crippen molar-refractivity contribution in [1.82, 2.24) is 4.90 Å². The van der Waals surface area contributed by atoms with Gasteiger partial charge in [0.05, 0.1) is 37.9 Å². The first-order valence-electron chi connectivity index (χ1n) is 8.31. The van der Waals surface area contributed by atoms with Gasteiger partial charge in [-0.2, -0.15) is 0 Å². The average Bonchev–Trinajstić information content (AvgIpc) is 3.06. The van der Waals surface area contributed by atoms with Crippen LogP contribution in [0.25, 0.3) is 0 Å². The second kappa shape index (κ2) is 8.31. The molecule has 3 unspecified atom stereocenters. The molecule has 3 atom stereocenters. The fourth-order valence-electron chi connectivity index (χ4n) is 2.86. The first kappa shape index (κ1) is 19.2. The summed E-state index contributed by atoms with van der Waals surface area (Å²) in [6, 6.07) is -0.365. The monoisotopic (exact) mass is 349 g/mol. The van der Waals surface area contributed by atoms with Gasteiger partial charge in [0.1, 0.15) is 0 Å². The van der Waals surface area contributed by atoms with Crippen LogP contribution in [0.15, 0.2) is 24.3 Å². The number of amides is 2. The number of rotatable bonds is 9. The second-order valence-electron chi connectivity index (χ2n) is 6.50. The molecule has 0 aromatic rings. The number of hydrogen-bond acceptors (Lipinski definition) is 6. The highest BCUT2D eigenvalue weighted by Gasteiger charge is 2.33. The van der Waals surface area contributed by atoms with E-state index in [0.29, 0.717) is 6.61 Å². The van der Waals surface area contributed by atoms with Crippen LogP contribution in [-0.4, -0.2) is 60.2 Å². The Morgan fingerprint density at radius 3 is 2.00 bits per heavy atom. The van der Waals surface area contributed by atoms with Gasteiger partial charge in [-0.25, -0.2) is 0 Å². The lowest BCUT2D eigenvalue weighted by Gasteiger charge is -2.24. The van der Waals surface area contributed by atoms with Crippen molar-refractivity contribution in [3.05, 3.63) is 24.3 Å². The lowest BCUT2D eigenvalue weighted by atomic mass is 9.91. The number of ether oxygens (including phenoxy) is 2. The summed E-state index contributed by atoms with van der Waals surface area (Å²) in [6.07, 6.45) is 4.86. The van der Waals surface area contributed by atoms with Crippen molar-refractivity contribution in [3.63, 3.8) is 0 Å². The van der Waals surface area contributed by atoms with E-state index in [9.17, 15) is 19.2 Å². The van der Waals surface area contributed by atoms with Crippen molar-refractivity contribution in [2.75, 3.05) is 19.8 Å². The van der Waals surface area contributed by atoms with Gasteiger partial charge in [-0.05, 0) is 31.9 Å². The standard InChI is InChI=1S/C18H23NO6/c1-11(18-14(20)4-5-15(18)21)8-24-10-13(3)25-9-12(2)19-16(22)6-7-17(19)23/h4-7,11-13,18H,8-10H2,1-3H3. The Kier molecular flexibility index (Phi) is 6.39. The minimum Gasteiger partial charge on any atom is -0.378 e. The third-order valence-corrected chi connectivity index (χ3v) is 4.23. The molecule has 2 amide bonds. The van der Waals surface area contributed by atoms with Gasteiger partial charge in [0.15, 0.2) is 11.6 Å². The van der Waals surface area contributed by atoms with Crippen molar-refractivity contribution < 1.29 is 28.7 Å². The van der Waals surface area contributed by atoms with Gasteiger partial charge in [-0.3, -0.25) is 24.1 Å². The van der Waals surface area contributed by atoms with Gasteiger partial charge in [0.2, 0.25) is 0 Å². The van der Waals surface area contributed by atoms with Crippen LogP contribution in [-0.2, 0) is 28.7 Å². The predicted octanol–water partition coefficient (Wildman–Crippen LogP) is 0.682. The molecular formula is C18H23NO6. The average molecular weight is 349 g/mol. The van der Waals surface area contributed by atoms with Gasteiger partial charge in [0.25, 0.3) is 11.8 Å². The van der Waals surface area contributed by atoms with Crippen LogP contribution in [0.4, 0.5) is 0 Å². The van der Waals surface area contributed by atoms with Gasteiger partial charge in [-0.15, -0.1) is 0 Å². The lowest BCUT2D eigenvalue weighted by Crippen LogP contribution is -2.41. The molecule has 0 aromatic carbocycles. The van der Waals surface area contributed by atoms with Gasteiger partial charge >= 0.3 is 0 Å². The molecule has 0 saturated carbocycles. The third-order valence-electron chi connectivity index (χ3n) is 4.23. The molecule has 0 aromatic heterocycles. The Morgan fingerprint density at radius 2 is 1.44 bits per heavy atom. The largest absolute Gasteiger partial charge is 0.378 e. The van der Waals surface area contributed by atoms with Gasteiger partial charge in [-0.1, -0.05) is 6.92 Å². The Bertz CT molecular complexity index is 587. The summed E-state index contributed by atoms with van der Waals surface area (Å²) >= 11 is 0. The topological polar surface area (TPSA) is 90.0 Å². The SMILES string of the molecule is CC(COCC(C)C1C(=O)C=CC1=O)OCC(C)N1C(=O)C=CC1=O. The maximum atomic E-state index is 11.6. The maximum Gasteiger partial charge on any atom is 0.253 e. The number of imide groups is 1. The summed E-state index contributed by atoms with van der Waals surface area (Å²) in [7, 11) is 0. The molecule has 0 bridgehead atoms. The minimum absolute atomic E-state index is 0.173. The molecular weight excluding hydrogens is 326 g/mol. The van der Waals surface area contributed by atoms with Crippen LogP contribution in [0.3, 0.4) is 0 Å². The molecule has 2 rings (SSSR count). The van der Waals surface area contributed by atoms with E-state index in [1.165, 1.54) is 24.3 Å². The van der Waals surface area contributed by atoms with E-state index in [-0.39, 0.29) is 54.7 Å². The molecule has 7 heteroatoms. The molecule has 136 valence electrons. The molecule has 0 N–H and O–H groups in total. The van der Waals surface area contributed by atoms with Crippen LogP contribution < -0.4 is 0 Å². The van der Waals surface area contributed by atoms with E-state index in [0.717, 1.165) is 4.90 Å². The molecule has 2 aliphatic rings. The highest BCUT2D eigenvalue weighted by molar-refractivity contribution is 6.18. The van der Waals surface area contributed by atoms with E-state index in [1.54, 1.807) is 13.8 Å². The molecule has 0 fully saturated rings. The van der Waals surface area contributed by atoms with Crippen LogP contribution in [0, 0.1) is 11.8 Å². The molecule has 0 spiro atoms. The summed E-state index contributed by atoms with van der Waals surface area (Å²) in [5.41, 5.74) is 0. The van der Waals surface area contributed by atoms with E-state index >= 15 is 0 Å². The van der Waals surface area contributed by atoms with Gasteiger partial charge in [0, 0.05) is 12.2 Å². The van der Waals surface area contributed by atoms with Crippen molar-refractivity contribution in [3.8, 4) is 0 Å². The maximum absolute atomic E-state index is 11.6. The number of carbonyl (C=O) groups is 4. The van der Waals surface area contributed by atoms with E-state index in [1.807, 2.05) is 6.92 Å². The van der Waals surface area contributed by atoms with Crippen molar-refractivity contribution in [2.24, 2.45) is 11.8 Å². The highest BCUT2D eigenvalue weighted by Crippen LogP contribution is 2.20. The summed E-state index contributed by atoms with van der Waals surface area (Å²) < 4.78 is 11.2. The zero-order valence-corrected chi connectivity index (χ0v) is 14.6. The Balaban J connectivity index is 1.66. The van der Waals surface area contributed by atoms with Crippen molar-refractivity contribution >= 4 is 23.4 Å². The normalized spacial score (nSPS) is 21.5. The molecule has 1 heterocycles. The zero-order chi connectivity index (χ0) is 18.6. The smallest absolute Gasteiger partial charge is 0.253 e. The first-order valence-corrected chi connectivity index (χ1v) is 8.31. The molecule has 0 saturated heterocycles. The summed E-state index contributed by atoms with van der Waals surface area (Å²) in [6.45, 7) is 6.14. The van der Waals surface area contributed by atoms with E-state index in [2.05, 4.69) is 0 Å². The lowest BCUT2D eigenvalue weighted by molar-refractivity contribution is -0.141. The van der Waals surface area contributed by atoms with E-state index in [4.69, 9.17) is 9.47 Å². The molecule has 1 aliphatic heterocycles. The van der Waals surface area contributed by atoms with E-state index < -0.39 is 5.92 Å². The minimum atomic E-state index is -0.643. The van der Waals surface area contributed by atoms with Crippen molar-refractivity contribution in [1.29, 1.82) is 0 Å². The quantitative estimate of drug-likeness (QED) is 0.449. The Hall–Kier alpha value is -2.12. The van der Waals surface area contributed by atoms with Crippen molar-refractivity contribution in [2.45, 2.75) is 32.9 Å². The number of nitrogens with zero attached hydrogens (tertiary/aromatic N) is 1. The Labute approximate surface area is 146 Å². The number of hydrogen-bond donors (Lipinski definition) is 0. The van der Waals surface area contributed by atoms with Crippen LogP contribution in [0.2, 0.25) is 0 Å². The van der Waals surface area contributed by atoms with Gasteiger partial charge < -0.3 is 9.47 Å². The molecule has 0 radical (unpaired) electrons. The third kappa shape index (κ3) is 4.70. The highest BCUT2D eigenvalue weighted by atomic mass is 16.5. The fourth-order valence-corrected chi connectivity index (χ4v) is 2.86. The first-order chi connectivity index (χ1) is 11.8. The number of carbonyl (C=O) groups excluding carboxylic acids is 4. The second-order valence-corrected chi connectivity index (χ2v) is 6.50. The van der Waals surface area contributed by atoms with Crippen LogP contribution in [0.1, 0.15) is 20.8 Å². The molecule has 7 nitrogen and oxygen atoms in total. The zero-order valence-electron chi connectivity index (χ0n) is 14.6.